The SMILES string of the molecule is O=C(/C1=C/c2ccccc2/C=C\c2ccccc21)c1ccccc1. The van der Waals surface area contributed by atoms with Gasteiger partial charge in [-0.1, -0.05) is 91.0 Å². The normalized spacial score (nSPS) is 15.9. The quantitative estimate of drug-likeness (QED) is 0.564. The second-order valence-electron chi connectivity index (χ2n) is 5.80. The average molecular weight is 308 g/mol. The van der Waals surface area contributed by atoms with Gasteiger partial charge in [-0.05, 0) is 28.3 Å². The molecule has 0 spiro atoms. The highest BCUT2D eigenvalue weighted by Crippen LogP contribution is 2.30. The first-order chi connectivity index (χ1) is 11.8. The van der Waals surface area contributed by atoms with Gasteiger partial charge in [-0.2, -0.15) is 0 Å². The summed E-state index contributed by atoms with van der Waals surface area (Å²) in [6.07, 6.45) is 6.20. The Morgan fingerprint density at radius 2 is 1.17 bits per heavy atom. The Morgan fingerprint density at radius 1 is 0.583 bits per heavy atom. The zero-order valence-electron chi connectivity index (χ0n) is 13.1. The maximum absolute atomic E-state index is 13.1. The van der Waals surface area contributed by atoms with Gasteiger partial charge in [-0.25, -0.2) is 0 Å². The summed E-state index contributed by atoms with van der Waals surface area (Å²) >= 11 is 0. The highest BCUT2D eigenvalue weighted by atomic mass is 16.1. The van der Waals surface area contributed by atoms with Gasteiger partial charge < -0.3 is 0 Å². The van der Waals surface area contributed by atoms with Gasteiger partial charge in [0.2, 0.25) is 0 Å². The minimum Gasteiger partial charge on any atom is -0.289 e. The fourth-order valence-electron chi connectivity index (χ4n) is 3.03. The van der Waals surface area contributed by atoms with Gasteiger partial charge in [0.05, 0.1) is 0 Å². The minimum atomic E-state index is 0.0492. The summed E-state index contributed by atoms with van der Waals surface area (Å²) in [5, 5.41) is 0. The summed E-state index contributed by atoms with van der Waals surface area (Å²) in [6, 6.07) is 25.6. The lowest BCUT2D eigenvalue weighted by molar-refractivity contribution is 0.105. The summed E-state index contributed by atoms with van der Waals surface area (Å²) in [6.45, 7) is 0. The van der Waals surface area contributed by atoms with E-state index in [2.05, 4.69) is 18.2 Å². The first-order valence-corrected chi connectivity index (χ1v) is 8.01. The maximum Gasteiger partial charge on any atom is 0.193 e. The standard InChI is InChI=1S/C23H16O/c24-23(19-10-2-1-3-11-19)22-16-20-12-5-4-8-17(20)14-15-18-9-6-7-13-21(18)22/h1-16H/b15-14-,17-14?,18-15?,20-16?,22-16+,22-21?. The molecule has 4 rings (SSSR count). The predicted octanol–water partition coefficient (Wildman–Crippen LogP) is 5.59. The Hall–Kier alpha value is -3.19. The number of hydrogen-bond donors (Lipinski definition) is 0. The van der Waals surface area contributed by atoms with Crippen LogP contribution in [0, 0.1) is 0 Å². The van der Waals surface area contributed by atoms with Crippen molar-refractivity contribution in [3.8, 4) is 0 Å². The van der Waals surface area contributed by atoms with Gasteiger partial charge in [-0.3, -0.25) is 4.79 Å². The van der Waals surface area contributed by atoms with Crippen molar-refractivity contribution in [3.63, 3.8) is 0 Å². The molecule has 0 atom stereocenters. The van der Waals surface area contributed by atoms with E-state index in [4.69, 9.17) is 0 Å². The molecule has 0 heterocycles. The molecule has 0 aromatic heterocycles. The van der Waals surface area contributed by atoms with Gasteiger partial charge in [0.1, 0.15) is 0 Å². The molecular formula is C23H16O. The molecule has 1 aliphatic rings. The molecular weight excluding hydrogens is 292 g/mol. The van der Waals surface area contributed by atoms with E-state index in [0.29, 0.717) is 5.56 Å². The van der Waals surface area contributed by atoms with E-state index in [1.807, 2.05) is 78.9 Å². The molecule has 24 heavy (non-hydrogen) atoms. The molecule has 3 aromatic carbocycles. The van der Waals surface area contributed by atoms with Crippen molar-refractivity contribution in [2.24, 2.45) is 0 Å². The molecule has 0 aliphatic heterocycles. The third kappa shape index (κ3) is 2.61. The molecule has 114 valence electrons. The van der Waals surface area contributed by atoms with E-state index >= 15 is 0 Å². The van der Waals surface area contributed by atoms with Crippen LogP contribution < -0.4 is 0 Å². The molecule has 0 amide bonds. The average Bonchev–Trinajstić information content (AvgIpc) is 2.64. The Morgan fingerprint density at radius 3 is 1.96 bits per heavy atom. The highest BCUT2D eigenvalue weighted by Gasteiger charge is 2.18. The zero-order valence-corrected chi connectivity index (χ0v) is 13.1. The first-order valence-electron chi connectivity index (χ1n) is 8.01. The second kappa shape index (κ2) is 6.13. The Bertz CT molecular complexity index is 962. The van der Waals surface area contributed by atoms with Crippen LogP contribution in [0.2, 0.25) is 0 Å². The Labute approximate surface area is 141 Å². The van der Waals surface area contributed by atoms with Gasteiger partial charge in [-0.15, -0.1) is 0 Å². The molecule has 0 saturated carbocycles. The molecule has 0 radical (unpaired) electrons. The van der Waals surface area contributed by atoms with Crippen LogP contribution in [0.1, 0.15) is 32.6 Å². The molecule has 1 nitrogen and oxygen atoms in total. The van der Waals surface area contributed by atoms with Crippen LogP contribution in [0.4, 0.5) is 0 Å². The number of Topliss-reactive ketones (excluding diaryl/α,β-unsaturated/α-hetero) is 1. The van der Waals surface area contributed by atoms with E-state index in [-0.39, 0.29) is 5.78 Å². The lowest BCUT2D eigenvalue weighted by atomic mass is 9.88. The lowest BCUT2D eigenvalue weighted by Gasteiger charge is -2.14. The van der Waals surface area contributed by atoms with Crippen molar-refractivity contribution in [2.75, 3.05) is 0 Å². The molecule has 0 saturated heterocycles. The molecule has 0 N–H and O–H groups in total. The highest BCUT2D eigenvalue weighted by molar-refractivity contribution is 6.33. The number of fused-ring (bicyclic) bond motifs is 2. The summed E-state index contributed by atoms with van der Waals surface area (Å²) in [7, 11) is 0. The second-order valence-corrected chi connectivity index (χ2v) is 5.80. The third-order valence-corrected chi connectivity index (χ3v) is 4.27. The Balaban J connectivity index is 1.95. The van der Waals surface area contributed by atoms with Crippen LogP contribution in [0.25, 0.3) is 23.8 Å². The summed E-state index contributed by atoms with van der Waals surface area (Å²) in [5.74, 6) is 0.0492. The van der Waals surface area contributed by atoms with Crippen molar-refractivity contribution in [1.29, 1.82) is 0 Å². The van der Waals surface area contributed by atoms with Gasteiger partial charge in [0.25, 0.3) is 0 Å². The number of allylic oxidation sites excluding steroid dienone is 1. The Kier molecular flexibility index (Phi) is 3.68. The van der Waals surface area contributed by atoms with Crippen LogP contribution >= 0.6 is 0 Å². The fraction of sp³-hybridized carbons (Fsp3) is 0. The number of hydrogen-bond acceptors (Lipinski definition) is 1. The van der Waals surface area contributed by atoms with Gasteiger partial charge in [0, 0.05) is 11.1 Å². The van der Waals surface area contributed by atoms with Gasteiger partial charge >= 0.3 is 0 Å². The first kappa shape index (κ1) is 14.4. The van der Waals surface area contributed by atoms with E-state index < -0.39 is 0 Å². The molecule has 0 fully saturated rings. The van der Waals surface area contributed by atoms with E-state index in [1.165, 1.54) is 0 Å². The van der Waals surface area contributed by atoms with Crippen LogP contribution in [0.3, 0.4) is 0 Å². The fourth-order valence-corrected chi connectivity index (χ4v) is 3.03. The number of carbonyl (C=O) groups excluding carboxylic acids is 1. The minimum absolute atomic E-state index is 0.0492. The van der Waals surface area contributed by atoms with Gasteiger partial charge in [0.15, 0.2) is 5.78 Å². The number of benzene rings is 3. The van der Waals surface area contributed by atoms with Crippen LogP contribution in [-0.2, 0) is 0 Å². The van der Waals surface area contributed by atoms with Crippen LogP contribution in [0.5, 0.6) is 0 Å². The van der Waals surface area contributed by atoms with Crippen molar-refractivity contribution >= 4 is 29.6 Å². The molecule has 3 aromatic rings. The largest absolute Gasteiger partial charge is 0.289 e. The number of carbonyl (C=O) groups is 1. The molecule has 1 aliphatic carbocycles. The van der Waals surface area contributed by atoms with Crippen LogP contribution in [-0.4, -0.2) is 5.78 Å². The predicted molar refractivity (Wildman–Crippen MR) is 100 cm³/mol. The molecule has 0 bridgehead atoms. The summed E-state index contributed by atoms with van der Waals surface area (Å²) in [5.41, 5.74) is 5.64. The summed E-state index contributed by atoms with van der Waals surface area (Å²) in [4.78, 5) is 13.1. The smallest absolute Gasteiger partial charge is 0.193 e. The summed E-state index contributed by atoms with van der Waals surface area (Å²) < 4.78 is 0. The monoisotopic (exact) mass is 308 g/mol. The van der Waals surface area contributed by atoms with E-state index in [1.54, 1.807) is 0 Å². The molecule has 0 unspecified atom stereocenters. The van der Waals surface area contributed by atoms with Crippen molar-refractivity contribution in [2.45, 2.75) is 0 Å². The number of ketones is 1. The lowest BCUT2D eigenvalue weighted by Crippen LogP contribution is -2.05. The zero-order chi connectivity index (χ0) is 16.4. The maximum atomic E-state index is 13.1. The van der Waals surface area contributed by atoms with Crippen molar-refractivity contribution in [1.82, 2.24) is 0 Å². The molecule has 1 heteroatoms. The van der Waals surface area contributed by atoms with E-state index in [9.17, 15) is 4.79 Å². The van der Waals surface area contributed by atoms with Crippen molar-refractivity contribution in [3.05, 3.63) is 107 Å². The van der Waals surface area contributed by atoms with E-state index in [0.717, 1.165) is 27.8 Å². The van der Waals surface area contributed by atoms with Crippen LogP contribution in [0.15, 0.2) is 78.9 Å². The third-order valence-electron chi connectivity index (χ3n) is 4.27. The van der Waals surface area contributed by atoms with Crippen molar-refractivity contribution < 1.29 is 4.79 Å². The number of rotatable bonds is 2. The topological polar surface area (TPSA) is 17.1 Å².